The summed E-state index contributed by atoms with van der Waals surface area (Å²) >= 11 is 0. The van der Waals surface area contributed by atoms with Crippen molar-refractivity contribution in [1.29, 1.82) is 0 Å². The zero-order valence-electron chi connectivity index (χ0n) is 13.6. The first kappa shape index (κ1) is 18.0. The van der Waals surface area contributed by atoms with Crippen molar-refractivity contribution in [3.8, 4) is 5.75 Å². The molecule has 0 bridgehead atoms. The second kappa shape index (κ2) is 8.49. The van der Waals surface area contributed by atoms with E-state index in [1.807, 2.05) is 24.3 Å². The summed E-state index contributed by atoms with van der Waals surface area (Å²) in [5.41, 5.74) is 1.30. The third kappa shape index (κ3) is 5.35. The Hall–Kier alpha value is -3.35. The van der Waals surface area contributed by atoms with Gasteiger partial charge in [-0.2, -0.15) is 0 Å². The summed E-state index contributed by atoms with van der Waals surface area (Å²) < 4.78 is 5.07. The minimum absolute atomic E-state index is 0.0699. The van der Waals surface area contributed by atoms with E-state index in [2.05, 4.69) is 10.6 Å². The lowest BCUT2D eigenvalue weighted by atomic mass is 10.1. The van der Waals surface area contributed by atoms with Crippen LogP contribution in [0.25, 0.3) is 0 Å². The predicted octanol–water partition coefficient (Wildman–Crippen LogP) is 2.08. The first-order valence-corrected chi connectivity index (χ1v) is 7.55. The minimum Gasteiger partial charge on any atom is -0.497 e. The molecule has 2 aromatic carbocycles. The normalized spacial score (nSPS) is 9.96. The molecule has 0 aromatic heterocycles. The van der Waals surface area contributed by atoms with Crippen molar-refractivity contribution in [2.45, 2.75) is 6.42 Å². The number of aromatic carboxylic acids is 1. The number of carbonyl (C=O) groups is 3. The van der Waals surface area contributed by atoms with Crippen molar-refractivity contribution < 1.29 is 24.2 Å². The van der Waals surface area contributed by atoms with Crippen LogP contribution in [0.1, 0.15) is 26.3 Å². The van der Waals surface area contributed by atoms with Crippen LogP contribution in [-0.2, 0) is 6.42 Å². The van der Waals surface area contributed by atoms with Crippen molar-refractivity contribution in [3.63, 3.8) is 0 Å². The fourth-order valence-electron chi connectivity index (χ4n) is 2.10. The smallest absolute Gasteiger partial charge is 0.335 e. The second-order valence-corrected chi connectivity index (χ2v) is 5.19. The van der Waals surface area contributed by atoms with Crippen molar-refractivity contribution >= 4 is 17.9 Å². The van der Waals surface area contributed by atoms with E-state index in [1.165, 1.54) is 24.3 Å². The van der Waals surface area contributed by atoms with Crippen molar-refractivity contribution in [2.24, 2.45) is 0 Å². The number of ether oxygens (including phenoxy) is 1. The average Bonchev–Trinajstić information content (AvgIpc) is 2.62. The third-order valence-electron chi connectivity index (χ3n) is 3.48. The highest BCUT2D eigenvalue weighted by atomic mass is 16.5. The fourth-order valence-corrected chi connectivity index (χ4v) is 2.10. The first-order chi connectivity index (χ1) is 12.0. The number of hydrogen-bond acceptors (Lipinski definition) is 4. The largest absolute Gasteiger partial charge is 0.497 e. The van der Waals surface area contributed by atoms with Crippen LogP contribution in [0.15, 0.2) is 48.5 Å². The molecule has 0 atom stereocenters. The number of rotatable bonds is 6. The Balaban J connectivity index is 1.78. The van der Waals surface area contributed by atoms with Gasteiger partial charge in [-0.3, -0.25) is 10.1 Å². The Morgan fingerprint density at radius 1 is 0.960 bits per heavy atom. The van der Waals surface area contributed by atoms with E-state index in [1.54, 1.807) is 7.11 Å². The number of urea groups is 1. The standard InChI is InChI=1S/C18H18N2O5/c1-25-15-8-2-12(3-9-15)10-11-19-18(24)20-16(21)13-4-6-14(7-5-13)17(22)23/h2-9H,10-11H2,1H3,(H,22,23)(H2,19,20,21,24). The van der Waals surface area contributed by atoms with Gasteiger partial charge in [0.15, 0.2) is 0 Å². The van der Waals surface area contributed by atoms with Crippen LogP contribution in [0.4, 0.5) is 4.79 Å². The molecule has 0 unspecified atom stereocenters. The van der Waals surface area contributed by atoms with Crippen LogP contribution in [0.2, 0.25) is 0 Å². The highest BCUT2D eigenvalue weighted by Gasteiger charge is 2.11. The number of nitrogens with one attached hydrogen (secondary N) is 2. The van der Waals surface area contributed by atoms with Gasteiger partial charge in [-0.25, -0.2) is 9.59 Å². The minimum atomic E-state index is -1.08. The van der Waals surface area contributed by atoms with E-state index < -0.39 is 17.9 Å². The summed E-state index contributed by atoms with van der Waals surface area (Å²) in [4.78, 5) is 34.4. The molecule has 3 amide bonds. The van der Waals surface area contributed by atoms with E-state index in [9.17, 15) is 14.4 Å². The number of carboxylic acid groups (broad SMARTS) is 1. The maximum Gasteiger partial charge on any atom is 0.335 e. The van der Waals surface area contributed by atoms with Gasteiger partial charge in [0.1, 0.15) is 5.75 Å². The van der Waals surface area contributed by atoms with E-state index >= 15 is 0 Å². The SMILES string of the molecule is COc1ccc(CCNC(=O)NC(=O)c2ccc(C(=O)O)cc2)cc1. The molecule has 0 aliphatic rings. The second-order valence-electron chi connectivity index (χ2n) is 5.19. The average molecular weight is 342 g/mol. The lowest BCUT2D eigenvalue weighted by Gasteiger charge is -2.07. The van der Waals surface area contributed by atoms with Gasteiger partial charge in [0.2, 0.25) is 0 Å². The topological polar surface area (TPSA) is 105 Å². The molecule has 3 N–H and O–H groups in total. The molecule has 2 aromatic rings. The van der Waals surface area contributed by atoms with Crippen LogP contribution in [0.3, 0.4) is 0 Å². The summed E-state index contributed by atoms with van der Waals surface area (Å²) in [5, 5.41) is 13.6. The third-order valence-corrected chi connectivity index (χ3v) is 3.48. The van der Waals surface area contributed by atoms with E-state index in [-0.39, 0.29) is 11.1 Å². The lowest BCUT2D eigenvalue weighted by molar-refractivity contribution is 0.0696. The Morgan fingerprint density at radius 3 is 2.12 bits per heavy atom. The van der Waals surface area contributed by atoms with Crippen LogP contribution in [0.5, 0.6) is 5.75 Å². The molecule has 0 fully saturated rings. The van der Waals surface area contributed by atoms with Crippen LogP contribution in [0, 0.1) is 0 Å². The zero-order chi connectivity index (χ0) is 18.2. The van der Waals surface area contributed by atoms with Gasteiger partial charge < -0.3 is 15.2 Å². The maximum absolute atomic E-state index is 11.9. The van der Waals surface area contributed by atoms with Gasteiger partial charge >= 0.3 is 12.0 Å². The Labute approximate surface area is 144 Å². The van der Waals surface area contributed by atoms with Crippen molar-refractivity contribution in [3.05, 3.63) is 65.2 Å². The van der Waals surface area contributed by atoms with E-state index in [0.29, 0.717) is 13.0 Å². The number of methoxy groups -OCH3 is 1. The van der Waals surface area contributed by atoms with Crippen molar-refractivity contribution in [1.82, 2.24) is 10.6 Å². The van der Waals surface area contributed by atoms with Gasteiger partial charge in [0.05, 0.1) is 12.7 Å². The maximum atomic E-state index is 11.9. The Morgan fingerprint density at radius 2 is 1.56 bits per heavy atom. The number of hydrogen-bond donors (Lipinski definition) is 3. The fraction of sp³-hybridized carbons (Fsp3) is 0.167. The van der Waals surface area contributed by atoms with Crippen LogP contribution < -0.4 is 15.4 Å². The van der Waals surface area contributed by atoms with Crippen LogP contribution >= 0.6 is 0 Å². The molecule has 7 heteroatoms. The van der Waals surface area contributed by atoms with E-state index in [4.69, 9.17) is 9.84 Å². The van der Waals surface area contributed by atoms with Gasteiger partial charge in [-0.1, -0.05) is 12.1 Å². The molecule has 0 saturated heterocycles. The molecular weight excluding hydrogens is 324 g/mol. The van der Waals surface area contributed by atoms with E-state index in [0.717, 1.165) is 11.3 Å². The summed E-state index contributed by atoms with van der Waals surface area (Å²) in [6.07, 6.45) is 0.610. The Bertz CT molecular complexity index is 754. The summed E-state index contributed by atoms with van der Waals surface area (Å²) in [6.45, 7) is 0.364. The molecule has 7 nitrogen and oxygen atoms in total. The zero-order valence-corrected chi connectivity index (χ0v) is 13.6. The number of carbonyl (C=O) groups excluding carboxylic acids is 2. The highest BCUT2D eigenvalue weighted by molar-refractivity contribution is 6.04. The molecule has 130 valence electrons. The van der Waals surface area contributed by atoms with Gasteiger partial charge in [0.25, 0.3) is 5.91 Å². The van der Waals surface area contributed by atoms with Crippen molar-refractivity contribution in [2.75, 3.05) is 13.7 Å². The molecule has 2 rings (SSSR count). The van der Waals surface area contributed by atoms with Crippen LogP contribution in [-0.4, -0.2) is 36.7 Å². The van der Waals surface area contributed by atoms with Gasteiger partial charge in [0, 0.05) is 12.1 Å². The van der Waals surface area contributed by atoms with Gasteiger partial charge in [-0.05, 0) is 48.4 Å². The molecule has 0 spiro atoms. The molecule has 0 saturated carbocycles. The number of amides is 3. The molecule has 0 heterocycles. The number of imide groups is 1. The lowest BCUT2D eigenvalue weighted by Crippen LogP contribution is -2.40. The highest BCUT2D eigenvalue weighted by Crippen LogP contribution is 2.11. The number of benzene rings is 2. The Kier molecular flexibility index (Phi) is 6.11. The quantitative estimate of drug-likeness (QED) is 0.745. The monoisotopic (exact) mass is 342 g/mol. The molecule has 0 radical (unpaired) electrons. The number of carboxylic acids is 1. The predicted molar refractivity (Wildman–Crippen MR) is 91.0 cm³/mol. The van der Waals surface area contributed by atoms with Gasteiger partial charge in [-0.15, -0.1) is 0 Å². The molecule has 25 heavy (non-hydrogen) atoms. The molecule has 0 aliphatic carbocycles. The molecule has 0 aliphatic heterocycles. The molecular formula is C18H18N2O5. The summed E-state index contributed by atoms with van der Waals surface area (Å²) in [6, 6.07) is 12.2. The summed E-state index contributed by atoms with van der Waals surface area (Å²) in [5.74, 6) is -0.920. The first-order valence-electron chi connectivity index (χ1n) is 7.55. The summed E-state index contributed by atoms with van der Waals surface area (Å²) in [7, 11) is 1.59.